The van der Waals surface area contributed by atoms with Crippen LogP contribution in [0.4, 0.5) is 6.01 Å². The van der Waals surface area contributed by atoms with Crippen LogP contribution in [-0.2, 0) is 4.74 Å². The van der Waals surface area contributed by atoms with Gasteiger partial charge in [0.05, 0.1) is 23.7 Å². The van der Waals surface area contributed by atoms with E-state index < -0.39 is 0 Å². The van der Waals surface area contributed by atoms with Crippen molar-refractivity contribution in [3.63, 3.8) is 0 Å². The molecule has 3 heterocycles. The van der Waals surface area contributed by atoms with Crippen LogP contribution in [0.5, 0.6) is 0 Å². The molecule has 1 aliphatic heterocycles. The van der Waals surface area contributed by atoms with Gasteiger partial charge >= 0.3 is 6.01 Å². The summed E-state index contributed by atoms with van der Waals surface area (Å²) in [7, 11) is 0. The monoisotopic (exact) mass is 296 g/mol. The third-order valence-corrected chi connectivity index (χ3v) is 3.76. The molecule has 6 heteroatoms. The van der Waals surface area contributed by atoms with Crippen molar-refractivity contribution in [3.05, 3.63) is 36.0 Å². The molecule has 2 aromatic heterocycles. The van der Waals surface area contributed by atoms with Crippen molar-refractivity contribution in [2.24, 2.45) is 0 Å². The van der Waals surface area contributed by atoms with E-state index in [1.807, 2.05) is 37.3 Å². The number of benzene rings is 1. The molecule has 1 aromatic carbocycles. The Labute approximate surface area is 127 Å². The molecule has 1 saturated heterocycles. The van der Waals surface area contributed by atoms with E-state index in [0.29, 0.717) is 18.5 Å². The summed E-state index contributed by atoms with van der Waals surface area (Å²) < 4.78 is 11.1. The zero-order valence-corrected chi connectivity index (χ0v) is 12.2. The standard InChI is InChI=1S/C16H16N4O2/c1-10-8-13(12-4-2-3-5-14(12)17-10)15-19-20-16(22-15)18-11-6-7-21-9-11/h2-5,8,11H,6-7,9H2,1H3,(H,18,20). The fraction of sp³-hybridized carbons (Fsp3) is 0.312. The van der Waals surface area contributed by atoms with E-state index in [0.717, 1.165) is 35.2 Å². The lowest BCUT2D eigenvalue weighted by Gasteiger charge is -2.06. The maximum absolute atomic E-state index is 5.78. The molecule has 3 aromatic rings. The first-order valence-electron chi connectivity index (χ1n) is 7.34. The van der Waals surface area contributed by atoms with E-state index >= 15 is 0 Å². The molecule has 1 N–H and O–H groups in total. The van der Waals surface area contributed by atoms with E-state index in [9.17, 15) is 0 Å². The van der Waals surface area contributed by atoms with Gasteiger partial charge in [0.2, 0.25) is 0 Å². The number of nitrogens with zero attached hydrogens (tertiary/aromatic N) is 3. The van der Waals surface area contributed by atoms with Crippen molar-refractivity contribution in [2.75, 3.05) is 18.5 Å². The van der Waals surface area contributed by atoms with Crippen molar-refractivity contribution in [1.82, 2.24) is 15.2 Å². The van der Waals surface area contributed by atoms with Gasteiger partial charge < -0.3 is 14.5 Å². The minimum Gasteiger partial charge on any atom is -0.403 e. The molecule has 4 rings (SSSR count). The van der Waals surface area contributed by atoms with Gasteiger partial charge in [-0.15, -0.1) is 5.10 Å². The summed E-state index contributed by atoms with van der Waals surface area (Å²) in [5, 5.41) is 12.5. The number of nitrogens with one attached hydrogen (secondary N) is 1. The molecule has 0 saturated carbocycles. The van der Waals surface area contributed by atoms with Crippen LogP contribution in [0.15, 0.2) is 34.7 Å². The molecule has 1 atom stereocenters. The van der Waals surface area contributed by atoms with Crippen LogP contribution in [0, 0.1) is 6.92 Å². The summed E-state index contributed by atoms with van der Waals surface area (Å²) in [5.41, 5.74) is 2.76. The average molecular weight is 296 g/mol. The van der Waals surface area contributed by atoms with E-state index in [2.05, 4.69) is 20.5 Å². The Morgan fingerprint density at radius 1 is 1.23 bits per heavy atom. The summed E-state index contributed by atoms with van der Waals surface area (Å²) in [5.74, 6) is 0.503. The summed E-state index contributed by atoms with van der Waals surface area (Å²) in [4.78, 5) is 4.53. The molecule has 0 spiro atoms. The van der Waals surface area contributed by atoms with Gasteiger partial charge in [-0.2, -0.15) is 0 Å². The average Bonchev–Trinajstić information content (AvgIpc) is 3.19. The number of pyridine rings is 1. The van der Waals surface area contributed by atoms with Gasteiger partial charge in [0.15, 0.2) is 0 Å². The Kier molecular flexibility index (Phi) is 3.23. The molecule has 6 nitrogen and oxygen atoms in total. The third kappa shape index (κ3) is 2.42. The highest BCUT2D eigenvalue weighted by atomic mass is 16.5. The quantitative estimate of drug-likeness (QED) is 0.801. The maximum Gasteiger partial charge on any atom is 0.316 e. The minimum absolute atomic E-state index is 0.240. The number of hydrogen-bond acceptors (Lipinski definition) is 6. The van der Waals surface area contributed by atoms with Crippen LogP contribution < -0.4 is 5.32 Å². The predicted molar refractivity (Wildman–Crippen MR) is 82.6 cm³/mol. The number of aryl methyl sites for hydroxylation is 1. The van der Waals surface area contributed by atoms with Gasteiger partial charge in [0, 0.05) is 17.7 Å². The van der Waals surface area contributed by atoms with Crippen LogP contribution in [0.25, 0.3) is 22.4 Å². The summed E-state index contributed by atoms with van der Waals surface area (Å²) in [6, 6.07) is 10.6. The second-order valence-corrected chi connectivity index (χ2v) is 5.45. The molecule has 0 amide bonds. The van der Waals surface area contributed by atoms with Crippen LogP contribution in [0.1, 0.15) is 12.1 Å². The number of ether oxygens (including phenoxy) is 1. The summed E-state index contributed by atoms with van der Waals surface area (Å²) in [6.07, 6.45) is 0.953. The second-order valence-electron chi connectivity index (χ2n) is 5.45. The van der Waals surface area contributed by atoms with E-state index in [1.54, 1.807) is 0 Å². The number of anilines is 1. The lowest BCUT2D eigenvalue weighted by atomic mass is 10.1. The molecule has 1 fully saturated rings. The summed E-state index contributed by atoms with van der Waals surface area (Å²) >= 11 is 0. The molecule has 112 valence electrons. The number of aromatic nitrogens is 3. The van der Waals surface area contributed by atoms with Crippen molar-refractivity contribution < 1.29 is 9.15 Å². The van der Waals surface area contributed by atoms with E-state index in [-0.39, 0.29) is 6.04 Å². The molecular weight excluding hydrogens is 280 g/mol. The number of fused-ring (bicyclic) bond motifs is 1. The molecule has 0 aliphatic carbocycles. The van der Waals surface area contributed by atoms with Gasteiger partial charge in [0.25, 0.3) is 5.89 Å². The molecule has 0 bridgehead atoms. The Morgan fingerprint density at radius 2 is 2.14 bits per heavy atom. The van der Waals surface area contributed by atoms with Crippen molar-refractivity contribution >= 4 is 16.9 Å². The highest BCUT2D eigenvalue weighted by Crippen LogP contribution is 2.28. The Hall–Kier alpha value is -2.47. The van der Waals surface area contributed by atoms with Crippen molar-refractivity contribution in [1.29, 1.82) is 0 Å². The van der Waals surface area contributed by atoms with E-state index in [4.69, 9.17) is 9.15 Å². The van der Waals surface area contributed by atoms with Gasteiger partial charge in [0.1, 0.15) is 0 Å². The fourth-order valence-electron chi connectivity index (χ4n) is 2.70. The maximum atomic E-state index is 5.78. The van der Waals surface area contributed by atoms with Crippen LogP contribution >= 0.6 is 0 Å². The highest BCUT2D eigenvalue weighted by Gasteiger charge is 2.19. The van der Waals surface area contributed by atoms with Crippen LogP contribution in [0.2, 0.25) is 0 Å². The highest BCUT2D eigenvalue weighted by molar-refractivity contribution is 5.92. The van der Waals surface area contributed by atoms with Gasteiger partial charge in [-0.1, -0.05) is 23.3 Å². The Morgan fingerprint density at radius 3 is 3.00 bits per heavy atom. The SMILES string of the molecule is Cc1cc(-c2nnc(NC3CCOC3)o2)c2ccccc2n1. The Bertz CT molecular complexity index is 809. The van der Waals surface area contributed by atoms with Gasteiger partial charge in [-0.05, 0) is 25.5 Å². The van der Waals surface area contributed by atoms with E-state index in [1.165, 1.54) is 0 Å². The minimum atomic E-state index is 0.240. The molecule has 1 aliphatic rings. The Balaban J connectivity index is 1.71. The second kappa shape index (κ2) is 5.38. The lowest BCUT2D eigenvalue weighted by Crippen LogP contribution is -2.18. The zero-order chi connectivity index (χ0) is 14.9. The molecular formula is C16H16N4O2. The fourth-order valence-corrected chi connectivity index (χ4v) is 2.70. The molecule has 22 heavy (non-hydrogen) atoms. The lowest BCUT2D eigenvalue weighted by molar-refractivity contribution is 0.195. The van der Waals surface area contributed by atoms with Crippen LogP contribution in [0.3, 0.4) is 0 Å². The van der Waals surface area contributed by atoms with Crippen molar-refractivity contribution in [3.8, 4) is 11.5 Å². The van der Waals surface area contributed by atoms with Gasteiger partial charge in [-0.3, -0.25) is 4.98 Å². The topological polar surface area (TPSA) is 73.1 Å². The summed E-state index contributed by atoms with van der Waals surface area (Å²) in [6.45, 7) is 3.41. The predicted octanol–water partition coefficient (Wildman–Crippen LogP) is 2.79. The largest absolute Gasteiger partial charge is 0.403 e. The first-order chi connectivity index (χ1) is 10.8. The number of hydrogen-bond donors (Lipinski definition) is 1. The first-order valence-corrected chi connectivity index (χ1v) is 7.34. The molecule has 1 unspecified atom stereocenters. The first kappa shape index (κ1) is 13.2. The van der Waals surface area contributed by atoms with Gasteiger partial charge in [-0.25, -0.2) is 0 Å². The third-order valence-electron chi connectivity index (χ3n) is 3.76. The number of rotatable bonds is 3. The normalized spacial score (nSPS) is 18.0. The molecule has 0 radical (unpaired) electrons. The van der Waals surface area contributed by atoms with Crippen molar-refractivity contribution in [2.45, 2.75) is 19.4 Å². The number of para-hydroxylation sites is 1. The van der Waals surface area contributed by atoms with Crippen LogP contribution in [-0.4, -0.2) is 34.4 Å². The zero-order valence-electron chi connectivity index (χ0n) is 12.2. The smallest absolute Gasteiger partial charge is 0.316 e.